The molecule has 0 heterocycles. The molecule has 0 saturated carbocycles. The first-order valence-electron chi connectivity index (χ1n) is 10.1. The Hall–Kier alpha value is -1.13. The highest BCUT2D eigenvalue weighted by atomic mass is 16.5. The van der Waals surface area contributed by atoms with Gasteiger partial charge in [-0.1, -0.05) is 74.8 Å². The maximum Gasteiger partial charge on any atom is 0.337 e. The van der Waals surface area contributed by atoms with E-state index in [1.807, 2.05) is 12.2 Å². The molecule has 0 spiro atoms. The minimum absolute atomic E-state index is 0.0290. The Balaban J connectivity index is 3.78. The number of carbonyl (C=O) groups is 1. The summed E-state index contributed by atoms with van der Waals surface area (Å²) in [6, 6.07) is 0. The van der Waals surface area contributed by atoms with E-state index < -0.39 is 17.5 Å². The van der Waals surface area contributed by atoms with Gasteiger partial charge in [0, 0.05) is 5.41 Å². The van der Waals surface area contributed by atoms with Crippen molar-refractivity contribution in [3.8, 4) is 0 Å². The van der Waals surface area contributed by atoms with Crippen molar-refractivity contribution >= 4 is 5.97 Å². The number of rotatable bonds is 7. The molecule has 0 saturated heterocycles. The molecule has 1 aliphatic rings. The highest BCUT2D eigenvalue weighted by Crippen LogP contribution is 2.61. The van der Waals surface area contributed by atoms with Gasteiger partial charge in [-0.3, -0.25) is 0 Å². The van der Waals surface area contributed by atoms with Crippen molar-refractivity contribution in [1.29, 1.82) is 0 Å². The van der Waals surface area contributed by atoms with Gasteiger partial charge in [0.1, 0.15) is 6.61 Å². The summed E-state index contributed by atoms with van der Waals surface area (Å²) in [5.74, 6) is -0.444. The van der Waals surface area contributed by atoms with Gasteiger partial charge in [0.05, 0.1) is 18.3 Å². The molecule has 0 amide bonds. The SMILES string of the molecule is CCC(C)(C)C1=CC(C(=O)OCCO)=CC(C(C)(C)C)(C(C)(C)CC)C1O. The van der Waals surface area contributed by atoms with Gasteiger partial charge in [0.25, 0.3) is 0 Å². The van der Waals surface area contributed by atoms with E-state index in [0.717, 1.165) is 18.4 Å². The second-order valence-electron chi connectivity index (χ2n) is 10.1. The molecule has 4 heteroatoms. The molecule has 27 heavy (non-hydrogen) atoms. The summed E-state index contributed by atoms with van der Waals surface area (Å²) in [7, 11) is 0. The average Bonchev–Trinajstić information content (AvgIpc) is 2.58. The maximum absolute atomic E-state index is 12.7. The van der Waals surface area contributed by atoms with Crippen molar-refractivity contribution in [3.05, 3.63) is 23.3 Å². The van der Waals surface area contributed by atoms with E-state index in [1.54, 1.807) is 0 Å². The van der Waals surface area contributed by atoms with Gasteiger partial charge in [-0.2, -0.15) is 0 Å². The molecule has 2 atom stereocenters. The zero-order valence-electron chi connectivity index (χ0n) is 18.8. The summed E-state index contributed by atoms with van der Waals surface area (Å²) in [6.07, 6.45) is 4.76. The van der Waals surface area contributed by atoms with Crippen molar-refractivity contribution in [2.75, 3.05) is 13.2 Å². The molecule has 1 rings (SSSR count). The predicted octanol–water partition coefficient (Wildman–Crippen LogP) is 4.65. The third kappa shape index (κ3) is 4.17. The summed E-state index contributed by atoms with van der Waals surface area (Å²) in [6.45, 7) is 18.9. The Kier molecular flexibility index (Phi) is 7.16. The molecule has 0 aromatic heterocycles. The van der Waals surface area contributed by atoms with Gasteiger partial charge in [-0.05, 0) is 34.3 Å². The molecular weight excluding hydrogens is 340 g/mol. The standard InChI is InChI=1S/C23H40O4/c1-10-21(6,7)17-14-16(19(26)27-13-12-24)15-23(18(17)25,20(3,4)5)22(8,9)11-2/h14-15,18,24-25H,10-13H2,1-9H3. The van der Waals surface area contributed by atoms with Gasteiger partial charge in [0.2, 0.25) is 0 Å². The van der Waals surface area contributed by atoms with Crippen LogP contribution in [0.5, 0.6) is 0 Å². The number of aliphatic hydroxyl groups excluding tert-OH is 2. The number of carbonyl (C=O) groups excluding carboxylic acids is 1. The van der Waals surface area contributed by atoms with E-state index in [2.05, 4.69) is 62.3 Å². The molecule has 0 radical (unpaired) electrons. The van der Waals surface area contributed by atoms with Crippen molar-refractivity contribution < 1.29 is 19.7 Å². The Morgan fingerprint density at radius 3 is 2.07 bits per heavy atom. The molecule has 1 aliphatic carbocycles. The number of hydrogen-bond donors (Lipinski definition) is 2. The highest BCUT2D eigenvalue weighted by Gasteiger charge is 2.58. The molecule has 0 bridgehead atoms. The summed E-state index contributed by atoms with van der Waals surface area (Å²) in [5, 5.41) is 20.7. The second kappa shape index (κ2) is 8.08. The molecule has 2 unspecified atom stereocenters. The number of hydrogen-bond acceptors (Lipinski definition) is 4. The Morgan fingerprint density at radius 2 is 1.67 bits per heavy atom. The Morgan fingerprint density at radius 1 is 1.11 bits per heavy atom. The highest BCUT2D eigenvalue weighted by molar-refractivity contribution is 5.92. The van der Waals surface area contributed by atoms with Crippen LogP contribution >= 0.6 is 0 Å². The van der Waals surface area contributed by atoms with Crippen LogP contribution in [0, 0.1) is 21.7 Å². The third-order valence-electron chi connectivity index (χ3n) is 6.89. The van der Waals surface area contributed by atoms with Gasteiger partial charge in [-0.15, -0.1) is 0 Å². The lowest BCUT2D eigenvalue weighted by Crippen LogP contribution is -2.57. The molecule has 4 nitrogen and oxygen atoms in total. The minimum Gasteiger partial charge on any atom is -0.460 e. The van der Waals surface area contributed by atoms with E-state index in [0.29, 0.717) is 5.57 Å². The fourth-order valence-electron chi connectivity index (χ4n) is 4.47. The third-order valence-corrected chi connectivity index (χ3v) is 6.89. The van der Waals surface area contributed by atoms with Crippen LogP contribution in [0.2, 0.25) is 0 Å². The Bertz CT molecular complexity index is 604. The van der Waals surface area contributed by atoms with E-state index in [1.165, 1.54) is 0 Å². The average molecular weight is 381 g/mol. The first kappa shape index (κ1) is 23.9. The van der Waals surface area contributed by atoms with Crippen molar-refractivity contribution in [2.45, 2.75) is 81.3 Å². The zero-order valence-corrected chi connectivity index (χ0v) is 18.8. The number of esters is 1. The molecule has 0 aromatic rings. The quantitative estimate of drug-likeness (QED) is 0.631. The second-order valence-corrected chi connectivity index (χ2v) is 10.1. The summed E-state index contributed by atoms with van der Waals surface area (Å²) in [4.78, 5) is 12.7. The predicted molar refractivity (Wildman–Crippen MR) is 110 cm³/mol. The number of aliphatic hydroxyl groups is 2. The van der Waals surface area contributed by atoms with Crippen molar-refractivity contribution in [3.63, 3.8) is 0 Å². The largest absolute Gasteiger partial charge is 0.460 e. The molecule has 0 aliphatic heterocycles. The van der Waals surface area contributed by atoms with Crippen LogP contribution < -0.4 is 0 Å². The fourth-order valence-corrected chi connectivity index (χ4v) is 4.47. The summed E-state index contributed by atoms with van der Waals surface area (Å²) < 4.78 is 5.23. The van der Waals surface area contributed by atoms with Crippen molar-refractivity contribution in [1.82, 2.24) is 0 Å². The first-order valence-corrected chi connectivity index (χ1v) is 10.1. The van der Waals surface area contributed by atoms with Gasteiger partial charge >= 0.3 is 5.97 Å². The van der Waals surface area contributed by atoms with Crippen LogP contribution in [0.25, 0.3) is 0 Å². The smallest absolute Gasteiger partial charge is 0.337 e. The summed E-state index contributed by atoms with van der Waals surface area (Å²) >= 11 is 0. The molecule has 0 fully saturated rings. The van der Waals surface area contributed by atoms with Gasteiger partial charge in [0.15, 0.2) is 0 Å². The molecular formula is C23H40O4. The Labute approximate surface area is 165 Å². The van der Waals surface area contributed by atoms with E-state index in [9.17, 15) is 9.90 Å². The van der Waals surface area contributed by atoms with Gasteiger partial charge in [-0.25, -0.2) is 4.79 Å². The lowest BCUT2D eigenvalue weighted by Gasteiger charge is -2.59. The van der Waals surface area contributed by atoms with Gasteiger partial charge < -0.3 is 14.9 Å². The normalized spacial score (nSPS) is 24.3. The molecule has 0 aromatic carbocycles. The topological polar surface area (TPSA) is 66.8 Å². The van der Waals surface area contributed by atoms with E-state index >= 15 is 0 Å². The lowest BCUT2D eigenvalue weighted by molar-refractivity contribution is -0.140. The van der Waals surface area contributed by atoms with Crippen LogP contribution in [0.1, 0.15) is 75.2 Å². The van der Waals surface area contributed by atoms with Crippen LogP contribution in [0.4, 0.5) is 0 Å². The van der Waals surface area contributed by atoms with Crippen molar-refractivity contribution in [2.24, 2.45) is 21.7 Å². The van der Waals surface area contributed by atoms with Crippen LogP contribution in [-0.2, 0) is 9.53 Å². The molecule has 2 N–H and O–H groups in total. The van der Waals surface area contributed by atoms with Crippen LogP contribution in [0.3, 0.4) is 0 Å². The maximum atomic E-state index is 12.7. The van der Waals surface area contributed by atoms with Crippen LogP contribution in [0.15, 0.2) is 23.3 Å². The number of ether oxygens (including phenoxy) is 1. The van der Waals surface area contributed by atoms with E-state index in [4.69, 9.17) is 9.84 Å². The van der Waals surface area contributed by atoms with Crippen LogP contribution in [-0.4, -0.2) is 35.5 Å². The van der Waals surface area contributed by atoms with E-state index in [-0.39, 0.29) is 29.5 Å². The monoisotopic (exact) mass is 380 g/mol. The summed E-state index contributed by atoms with van der Waals surface area (Å²) in [5.41, 5.74) is -0.0921. The minimum atomic E-state index is -0.697. The zero-order chi connectivity index (χ0) is 21.3. The lowest BCUT2D eigenvalue weighted by atomic mass is 9.46. The first-order chi connectivity index (χ1) is 12.2. The fraction of sp³-hybridized carbons (Fsp3) is 0.783. The molecule has 156 valence electrons.